The molecule has 4 rings (SSSR count). The fourth-order valence-electron chi connectivity index (χ4n) is 3.11. The molecule has 1 aromatic heterocycles. The average molecular weight is 347 g/mol. The van der Waals surface area contributed by atoms with Crippen molar-refractivity contribution in [3.63, 3.8) is 0 Å². The van der Waals surface area contributed by atoms with Crippen molar-refractivity contribution in [2.24, 2.45) is 0 Å². The van der Waals surface area contributed by atoms with E-state index in [-0.39, 0.29) is 11.9 Å². The third-order valence-corrected chi connectivity index (χ3v) is 5.49. The number of ether oxygens (including phenoxy) is 1. The number of nitrogens with zero attached hydrogens (tertiary/aromatic N) is 2. The third kappa shape index (κ3) is 4.00. The Morgan fingerprint density at radius 1 is 1.29 bits per heavy atom. The molecule has 24 heavy (non-hydrogen) atoms. The Balaban J connectivity index is 1.26. The molecular formula is C18H22FN3OS. The summed E-state index contributed by atoms with van der Waals surface area (Å²) in [6.45, 7) is 4.55. The highest BCUT2D eigenvalue weighted by Crippen LogP contribution is 2.28. The van der Waals surface area contributed by atoms with Crippen molar-refractivity contribution in [2.45, 2.75) is 31.5 Å². The summed E-state index contributed by atoms with van der Waals surface area (Å²) in [4.78, 5) is 7.19. The fourth-order valence-corrected chi connectivity index (χ4v) is 3.94. The van der Waals surface area contributed by atoms with Gasteiger partial charge in [0, 0.05) is 43.2 Å². The number of halogens is 1. The van der Waals surface area contributed by atoms with Crippen molar-refractivity contribution in [2.75, 3.05) is 26.2 Å². The Kier molecular flexibility index (Phi) is 4.89. The number of morpholine rings is 1. The first-order chi connectivity index (χ1) is 11.8. The number of hydrogen-bond donors (Lipinski definition) is 1. The molecule has 1 atom stereocenters. The maximum atomic E-state index is 13.0. The summed E-state index contributed by atoms with van der Waals surface area (Å²) >= 11 is 1.59. The van der Waals surface area contributed by atoms with Gasteiger partial charge in [0.25, 0.3) is 0 Å². The lowest BCUT2D eigenvalue weighted by molar-refractivity contribution is -0.0301. The zero-order chi connectivity index (χ0) is 16.4. The Labute approximate surface area is 145 Å². The number of rotatable bonds is 6. The largest absolute Gasteiger partial charge is 0.374 e. The summed E-state index contributed by atoms with van der Waals surface area (Å²) in [6, 6.07) is 7.30. The highest BCUT2D eigenvalue weighted by atomic mass is 32.1. The zero-order valence-electron chi connectivity index (χ0n) is 13.6. The van der Waals surface area contributed by atoms with E-state index in [1.165, 1.54) is 25.0 Å². The molecule has 1 unspecified atom stereocenters. The molecule has 1 saturated heterocycles. The van der Waals surface area contributed by atoms with Gasteiger partial charge in [-0.25, -0.2) is 9.37 Å². The van der Waals surface area contributed by atoms with E-state index in [9.17, 15) is 4.39 Å². The van der Waals surface area contributed by atoms with E-state index >= 15 is 0 Å². The van der Waals surface area contributed by atoms with Crippen molar-refractivity contribution in [3.05, 3.63) is 41.2 Å². The van der Waals surface area contributed by atoms with Crippen LogP contribution < -0.4 is 5.32 Å². The monoisotopic (exact) mass is 347 g/mol. The molecule has 0 spiro atoms. The lowest BCUT2D eigenvalue weighted by atomic mass is 10.2. The van der Waals surface area contributed by atoms with Gasteiger partial charge in [0.2, 0.25) is 0 Å². The van der Waals surface area contributed by atoms with Gasteiger partial charge in [-0.1, -0.05) is 0 Å². The molecule has 2 aromatic rings. The molecule has 0 bridgehead atoms. The number of aromatic nitrogens is 1. The summed E-state index contributed by atoms with van der Waals surface area (Å²) in [6.07, 6.45) is 2.98. The van der Waals surface area contributed by atoms with Crippen molar-refractivity contribution < 1.29 is 9.13 Å². The molecule has 0 radical (unpaired) electrons. The normalized spacial score (nSPS) is 22.0. The Hall–Kier alpha value is -1.34. The summed E-state index contributed by atoms with van der Waals surface area (Å²) in [7, 11) is 0. The van der Waals surface area contributed by atoms with Crippen LogP contribution in [-0.2, 0) is 11.3 Å². The lowest BCUT2D eigenvalue weighted by Gasteiger charge is -2.33. The zero-order valence-corrected chi connectivity index (χ0v) is 14.4. The van der Waals surface area contributed by atoms with Gasteiger partial charge in [0.1, 0.15) is 10.8 Å². The molecular weight excluding hydrogens is 325 g/mol. The molecule has 2 heterocycles. The van der Waals surface area contributed by atoms with Gasteiger partial charge in [0.05, 0.1) is 18.4 Å². The molecule has 1 aromatic carbocycles. The maximum absolute atomic E-state index is 13.0. The minimum absolute atomic E-state index is 0.218. The maximum Gasteiger partial charge on any atom is 0.123 e. The van der Waals surface area contributed by atoms with Crippen LogP contribution in [-0.4, -0.2) is 48.3 Å². The summed E-state index contributed by atoms with van der Waals surface area (Å²) in [5, 5.41) is 6.45. The number of nitrogens with one attached hydrogen (secondary N) is 1. The van der Waals surface area contributed by atoms with E-state index in [2.05, 4.69) is 20.6 Å². The van der Waals surface area contributed by atoms with Crippen molar-refractivity contribution in [3.8, 4) is 10.6 Å². The van der Waals surface area contributed by atoms with Gasteiger partial charge < -0.3 is 10.1 Å². The van der Waals surface area contributed by atoms with E-state index in [1.807, 2.05) is 0 Å². The second kappa shape index (κ2) is 7.27. The SMILES string of the molecule is Fc1ccc(-c2nc(CNCC3CN(C4CC4)CCO3)cs2)cc1. The van der Waals surface area contributed by atoms with Gasteiger partial charge in [-0.2, -0.15) is 0 Å². The minimum Gasteiger partial charge on any atom is -0.374 e. The molecule has 6 heteroatoms. The number of hydrogen-bond acceptors (Lipinski definition) is 5. The van der Waals surface area contributed by atoms with Crippen molar-refractivity contribution >= 4 is 11.3 Å². The molecule has 1 aliphatic heterocycles. The highest BCUT2D eigenvalue weighted by Gasteiger charge is 2.32. The van der Waals surface area contributed by atoms with E-state index in [0.29, 0.717) is 0 Å². The first-order valence-electron chi connectivity index (χ1n) is 8.54. The highest BCUT2D eigenvalue weighted by molar-refractivity contribution is 7.13. The summed E-state index contributed by atoms with van der Waals surface area (Å²) < 4.78 is 18.8. The second-order valence-electron chi connectivity index (χ2n) is 6.50. The molecule has 128 valence electrons. The first kappa shape index (κ1) is 16.1. The van der Waals surface area contributed by atoms with Crippen LogP contribution in [0.4, 0.5) is 4.39 Å². The quantitative estimate of drug-likeness (QED) is 0.872. The Morgan fingerprint density at radius 2 is 2.12 bits per heavy atom. The third-order valence-electron chi connectivity index (χ3n) is 4.55. The summed E-state index contributed by atoms with van der Waals surface area (Å²) in [5.41, 5.74) is 1.98. The van der Waals surface area contributed by atoms with Gasteiger partial charge in [-0.05, 0) is 37.1 Å². The molecule has 1 aliphatic carbocycles. The van der Waals surface area contributed by atoms with Crippen LogP contribution in [0.1, 0.15) is 18.5 Å². The lowest BCUT2D eigenvalue weighted by Crippen LogP contribution is -2.47. The van der Waals surface area contributed by atoms with Gasteiger partial charge in [-0.15, -0.1) is 11.3 Å². The average Bonchev–Trinajstić information content (AvgIpc) is 3.35. The molecule has 0 amide bonds. The van der Waals surface area contributed by atoms with Gasteiger partial charge >= 0.3 is 0 Å². The van der Waals surface area contributed by atoms with Crippen LogP contribution >= 0.6 is 11.3 Å². The predicted octanol–water partition coefficient (Wildman–Crippen LogP) is 2.90. The molecule has 1 saturated carbocycles. The standard InChI is InChI=1S/C18H22FN3OS/c19-14-3-1-13(2-4-14)18-21-15(12-24-18)9-20-10-17-11-22(7-8-23-17)16-5-6-16/h1-4,12,16-17,20H,5-11H2. The van der Waals surface area contributed by atoms with E-state index in [1.54, 1.807) is 23.5 Å². The van der Waals surface area contributed by atoms with Crippen molar-refractivity contribution in [1.29, 1.82) is 0 Å². The van der Waals surface area contributed by atoms with Gasteiger partial charge in [0.15, 0.2) is 0 Å². The first-order valence-corrected chi connectivity index (χ1v) is 9.42. The van der Waals surface area contributed by atoms with E-state index in [0.717, 1.165) is 55.1 Å². The van der Waals surface area contributed by atoms with Crippen LogP contribution in [0.2, 0.25) is 0 Å². The molecule has 4 nitrogen and oxygen atoms in total. The van der Waals surface area contributed by atoms with Crippen molar-refractivity contribution in [1.82, 2.24) is 15.2 Å². The van der Waals surface area contributed by atoms with Crippen LogP contribution in [0.25, 0.3) is 10.6 Å². The second-order valence-corrected chi connectivity index (χ2v) is 7.36. The van der Waals surface area contributed by atoms with E-state index in [4.69, 9.17) is 4.74 Å². The van der Waals surface area contributed by atoms with E-state index < -0.39 is 0 Å². The van der Waals surface area contributed by atoms with Crippen LogP contribution in [0.5, 0.6) is 0 Å². The molecule has 2 fully saturated rings. The summed E-state index contributed by atoms with van der Waals surface area (Å²) in [5.74, 6) is -0.218. The molecule has 2 aliphatic rings. The molecule has 1 N–H and O–H groups in total. The topological polar surface area (TPSA) is 37.4 Å². The smallest absolute Gasteiger partial charge is 0.123 e. The number of thiazole rings is 1. The number of benzene rings is 1. The fraction of sp³-hybridized carbons (Fsp3) is 0.500. The Morgan fingerprint density at radius 3 is 2.92 bits per heavy atom. The Bertz CT molecular complexity index is 671. The van der Waals surface area contributed by atoms with Crippen LogP contribution in [0.15, 0.2) is 29.6 Å². The van der Waals surface area contributed by atoms with Crippen LogP contribution in [0.3, 0.4) is 0 Å². The van der Waals surface area contributed by atoms with Gasteiger partial charge in [-0.3, -0.25) is 4.90 Å². The minimum atomic E-state index is -0.218. The predicted molar refractivity (Wildman–Crippen MR) is 93.5 cm³/mol. The van der Waals surface area contributed by atoms with Crippen LogP contribution in [0, 0.1) is 5.82 Å².